The van der Waals surface area contributed by atoms with Crippen LogP contribution in [0.3, 0.4) is 0 Å². The van der Waals surface area contributed by atoms with Crippen molar-refractivity contribution in [1.29, 1.82) is 0 Å². The van der Waals surface area contributed by atoms with Crippen molar-refractivity contribution in [3.63, 3.8) is 0 Å². The van der Waals surface area contributed by atoms with E-state index in [0.717, 1.165) is 13.0 Å². The van der Waals surface area contributed by atoms with Gasteiger partial charge in [-0.05, 0) is 42.5 Å². The number of aryl methyl sites for hydroxylation is 2. The second-order valence-electron chi connectivity index (χ2n) is 5.26. The molecular weight excluding hydrogens is 302 g/mol. The van der Waals surface area contributed by atoms with Crippen molar-refractivity contribution in [2.75, 3.05) is 0 Å². The minimum absolute atomic E-state index is 0.578. The van der Waals surface area contributed by atoms with E-state index in [2.05, 4.69) is 50.7 Å². The van der Waals surface area contributed by atoms with Gasteiger partial charge in [-0.15, -0.1) is 0 Å². The summed E-state index contributed by atoms with van der Waals surface area (Å²) in [6.45, 7) is 0.907. The molecule has 0 aliphatic heterocycles. The molecule has 0 fully saturated rings. The lowest BCUT2D eigenvalue weighted by atomic mass is 9.88. The quantitative estimate of drug-likeness (QED) is 0.942. The molecule has 1 aromatic heterocycles. The van der Waals surface area contributed by atoms with Gasteiger partial charge in [0.1, 0.15) is 0 Å². The zero-order valence-electron chi connectivity index (χ0n) is 11.1. The van der Waals surface area contributed by atoms with E-state index in [9.17, 15) is 0 Å². The third-order valence-electron chi connectivity index (χ3n) is 3.75. The van der Waals surface area contributed by atoms with Crippen molar-refractivity contribution in [2.24, 2.45) is 7.05 Å². The Kier molecular flexibility index (Phi) is 3.71. The van der Waals surface area contributed by atoms with Gasteiger partial charge in [0, 0.05) is 35.9 Å². The van der Waals surface area contributed by atoms with Crippen LogP contribution in [0.15, 0.2) is 35.1 Å². The Labute approximate surface area is 122 Å². The minimum Gasteiger partial charge on any atom is -0.309 e. The summed E-state index contributed by atoms with van der Waals surface area (Å²) in [5, 5.41) is 7.84. The van der Waals surface area contributed by atoms with Crippen LogP contribution in [-0.2, 0) is 26.4 Å². The highest BCUT2D eigenvalue weighted by atomic mass is 79.9. The standard InChI is InChI=1S/C15H18BrN3/c1-19-10-11(9-18-19)8-17-15-5-3-12-6-14(16)4-2-13(12)7-15/h2,4,6,9-10,15,17H,3,5,7-8H2,1H3. The van der Waals surface area contributed by atoms with Crippen molar-refractivity contribution >= 4 is 15.9 Å². The SMILES string of the molecule is Cn1cc(CNC2CCc3cc(Br)ccc3C2)cn1. The van der Waals surface area contributed by atoms with E-state index in [1.165, 1.54) is 34.0 Å². The number of fused-ring (bicyclic) bond motifs is 1. The monoisotopic (exact) mass is 319 g/mol. The van der Waals surface area contributed by atoms with E-state index in [1.54, 1.807) is 0 Å². The molecule has 0 bridgehead atoms. The van der Waals surface area contributed by atoms with Gasteiger partial charge in [-0.3, -0.25) is 4.68 Å². The lowest BCUT2D eigenvalue weighted by molar-refractivity contribution is 0.457. The predicted molar refractivity (Wildman–Crippen MR) is 80.0 cm³/mol. The van der Waals surface area contributed by atoms with Crippen molar-refractivity contribution in [3.8, 4) is 0 Å². The molecule has 3 rings (SSSR count). The Balaban J connectivity index is 1.61. The maximum atomic E-state index is 4.20. The van der Waals surface area contributed by atoms with Gasteiger partial charge in [-0.1, -0.05) is 22.0 Å². The Bertz CT molecular complexity index is 577. The molecule has 0 saturated carbocycles. The number of hydrogen-bond acceptors (Lipinski definition) is 2. The molecule has 1 atom stereocenters. The Morgan fingerprint density at radius 2 is 2.32 bits per heavy atom. The Hall–Kier alpha value is -1.13. The number of halogens is 1. The molecule has 0 radical (unpaired) electrons. The second-order valence-corrected chi connectivity index (χ2v) is 6.17. The molecule has 19 heavy (non-hydrogen) atoms. The third kappa shape index (κ3) is 3.07. The minimum atomic E-state index is 0.578. The first-order chi connectivity index (χ1) is 9.20. The normalized spacial score (nSPS) is 18.3. The zero-order chi connectivity index (χ0) is 13.2. The predicted octanol–water partition coefficient (Wildman–Crippen LogP) is 2.83. The van der Waals surface area contributed by atoms with E-state index in [-0.39, 0.29) is 0 Å². The van der Waals surface area contributed by atoms with Crippen LogP contribution in [0.5, 0.6) is 0 Å². The number of nitrogens with one attached hydrogen (secondary N) is 1. The van der Waals surface area contributed by atoms with Crippen LogP contribution >= 0.6 is 15.9 Å². The van der Waals surface area contributed by atoms with Gasteiger partial charge < -0.3 is 5.32 Å². The van der Waals surface area contributed by atoms with E-state index in [0.29, 0.717) is 6.04 Å². The van der Waals surface area contributed by atoms with Gasteiger partial charge in [0.25, 0.3) is 0 Å². The molecule has 100 valence electrons. The Morgan fingerprint density at radius 3 is 3.11 bits per heavy atom. The molecule has 1 heterocycles. The van der Waals surface area contributed by atoms with Crippen LogP contribution in [0.4, 0.5) is 0 Å². The molecule has 0 amide bonds. The van der Waals surface area contributed by atoms with Crippen molar-refractivity contribution in [2.45, 2.75) is 31.8 Å². The summed E-state index contributed by atoms with van der Waals surface area (Å²) in [6.07, 6.45) is 7.51. The molecule has 0 saturated heterocycles. The van der Waals surface area contributed by atoms with E-state index >= 15 is 0 Å². The van der Waals surface area contributed by atoms with Gasteiger partial charge in [-0.25, -0.2) is 0 Å². The molecular formula is C15H18BrN3. The molecule has 1 aliphatic carbocycles. The fourth-order valence-corrected chi connectivity index (χ4v) is 3.13. The number of nitrogens with zero attached hydrogens (tertiary/aromatic N) is 2. The molecule has 1 unspecified atom stereocenters. The molecule has 3 nitrogen and oxygen atoms in total. The summed E-state index contributed by atoms with van der Waals surface area (Å²) in [6, 6.07) is 7.22. The van der Waals surface area contributed by atoms with Crippen LogP contribution in [0.1, 0.15) is 23.1 Å². The highest BCUT2D eigenvalue weighted by molar-refractivity contribution is 9.10. The highest BCUT2D eigenvalue weighted by Gasteiger charge is 2.18. The highest BCUT2D eigenvalue weighted by Crippen LogP contribution is 2.24. The summed E-state index contributed by atoms with van der Waals surface area (Å²) in [7, 11) is 1.96. The largest absolute Gasteiger partial charge is 0.309 e. The summed E-state index contributed by atoms with van der Waals surface area (Å²) in [4.78, 5) is 0. The van der Waals surface area contributed by atoms with Crippen LogP contribution in [0.2, 0.25) is 0 Å². The van der Waals surface area contributed by atoms with Crippen molar-refractivity contribution < 1.29 is 0 Å². The van der Waals surface area contributed by atoms with Crippen LogP contribution in [0.25, 0.3) is 0 Å². The van der Waals surface area contributed by atoms with Crippen molar-refractivity contribution in [1.82, 2.24) is 15.1 Å². The molecule has 2 aromatic rings. The first-order valence-electron chi connectivity index (χ1n) is 6.69. The summed E-state index contributed by atoms with van der Waals surface area (Å²) < 4.78 is 3.04. The first-order valence-corrected chi connectivity index (χ1v) is 7.48. The molecule has 1 N–H and O–H groups in total. The maximum absolute atomic E-state index is 4.20. The van der Waals surface area contributed by atoms with Gasteiger partial charge in [0.2, 0.25) is 0 Å². The summed E-state index contributed by atoms with van der Waals surface area (Å²) >= 11 is 3.54. The lowest BCUT2D eigenvalue weighted by Crippen LogP contribution is -2.34. The Morgan fingerprint density at radius 1 is 1.42 bits per heavy atom. The van der Waals surface area contributed by atoms with Crippen LogP contribution in [-0.4, -0.2) is 15.8 Å². The van der Waals surface area contributed by atoms with Gasteiger partial charge in [-0.2, -0.15) is 5.10 Å². The van der Waals surface area contributed by atoms with Gasteiger partial charge in [0.05, 0.1) is 6.20 Å². The number of rotatable bonds is 3. The number of hydrogen-bond donors (Lipinski definition) is 1. The fourth-order valence-electron chi connectivity index (χ4n) is 2.72. The third-order valence-corrected chi connectivity index (χ3v) is 4.24. The van der Waals surface area contributed by atoms with Crippen LogP contribution in [0, 0.1) is 0 Å². The van der Waals surface area contributed by atoms with Gasteiger partial charge >= 0.3 is 0 Å². The first kappa shape index (κ1) is 12.9. The summed E-state index contributed by atoms with van der Waals surface area (Å²) in [5.41, 5.74) is 4.23. The molecule has 1 aromatic carbocycles. The van der Waals surface area contributed by atoms with Crippen molar-refractivity contribution in [3.05, 3.63) is 51.8 Å². The average Bonchev–Trinajstić information content (AvgIpc) is 2.82. The zero-order valence-corrected chi connectivity index (χ0v) is 12.7. The molecule has 1 aliphatic rings. The lowest BCUT2D eigenvalue weighted by Gasteiger charge is -2.25. The van der Waals surface area contributed by atoms with E-state index in [1.807, 2.05) is 17.9 Å². The van der Waals surface area contributed by atoms with E-state index < -0.39 is 0 Å². The van der Waals surface area contributed by atoms with E-state index in [4.69, 9.17) is 0 Å². The molecule has 0 spiro atoms. The fraction of sp³-hybridized carbons (Fsp3) is 0.400. The number of benzene rings is 1. The molecule has 4 heteroatoms. The van der Waals surface area contributed by atoms with Crippen LogP contribution < -0.4 is 5.32 Å². The topological polar surface area (TPSA) is 29.9 Å². The average molecular weight is 320 g/mol. The van der Waals surface area contributed by atoms with Gasteiger partial charge in [0.15, 0.2) is 0 Å². The number of aromatic nitrogens is 2. The smallest absolute Gasteiger partial charge is 0.0534 e. The maximum Gasteiger partial charge on any atom is 0.0534 e. The second kappa shape index (κ2) is 5.47. The summed E-state index contributed by atoms with van der Waals surface area (Å²) in [5.74, 6) is 0.